The average Bonchev–Trinajstić information content (AvgIpc) is 3.03. The van der Waals surface area contributed by atoms with Crippen LogP contribution < -0.4 is 0 Å². The van der Waals surface area contributed by atoms with Gasteiger partial charge in [0.15, 0.2) is 0 Å². The number of unbranched alkanes of at least 4 members (excludes halogenated alkanes) is 9. The van der Waals surface area contributed by atoms with Gasteiger partial charge in [0.1, 0.15) is 0 Å². The molecule has 1 rings (SSSR count). The summed E-state index contributed by atoms with van der Waals surface area (Å²) in [7, 11) is 0. The first-order valence-corrected chi connectivity index (χ1v) is 10.8. The number of rotatable bonds is 15. The summed E-state index contributed by atoms with van der Waals surface area (Å²) in [4.78, 5) is 0. The lowest BCUT2D eigenvalue weighted by Crippen LogP contribution is -1.95. The van der Waals surface area contributed by atoms with Crippen molar-refractivity contribution < 1.29 is 0 Å². The Morgan fingerprint density at radius 1 is 0.818 bits per heavy atom. The van der Waals surface area contributed by atoms with Gasteiger partial charge in [-0.1, -0.05) is 90.9 Å². The van der Waals surface area contributed by atoms with Crippen LogP contribution in [0.4, 0.5) is 0 Å². The third kappa shape index (κ3) is 11.3. The molecule has 0 aliphatic heterocycles. The second kappa shape index (κ2) is 14.3. The molecule has 0 amide bonds. The molecule has 0 N–H and O–H groups in total. The van der Waals surface area contributed by atoms with E-state index in [4.69, 9.17) is 0 Å². The minimum atomic E-state index is 0.956. The van der Waals surface area contributed by atoms with E-state index in [2.05, 4.69) is 30.7 Å². The molecule has 1 heteroatoms. The van der Waals surface area contributed by atoms with Crippen LogP contribution in [0.2, 0.25) is 0 Å². The smallest absolute Gasteiger partial charge is 0.00613 e. The summed E-state index contributed by atoms with van der Waals surface area (Å²) in [6.07, 6.45) is 20.0. The molecule has 0 bridgehead atoms. The lowest BCUT2D eigenvalue weighted by atomic mass is 9.96. The molecule has 0 nitrogen and oxygen atoms in total. The minimum Gasteiger partial charge on any atom is -0.152 e. The molecule has 1 aromatic heterocycles. The maximum absolute atomic E-state index is 2.46. The van der Waals surface area contributed by atoms with Crippen molar-refractivity contribution >= 4 is 11.3 Å². The molecule has 0 spiro atoms. The third-order valence-corrected chi connectivity index (χ3v) is 5.53. The highest BCUT2D eigenvalue weighted by Crippen LogP contribution is 2.18. The zero-order valence-electron chi connectivity index (χ0n) is 15.1. The molecule has 22 heavy (non-hydrogen) atoms. The fraction of sp³-hybridized carbons (Fsp3) is 0.810. The molecule has 0 aliphatic rings. The van der Waals surface area contributed by atoms with Crippen molar-refractivity contribution in [3.8, 4) is 0 Å². The van der Waals surface area contributed by atoms with Crippen LogP contribution in [0.3, 0.4) is 0 Å². The minimum absolute atomic E-state index is 0.956. The lowest BCUT2D eigenvalue weighted by Gasteiger charge is -2.11. The van der Waals surface area contributed by atoms with Crippen LogP contribution in [0.25, 0.3) is 0 Å². The van der Waals surface area contributed by atoms with Gasteiger partial charge in [-0.2, -0.15) is 11.3 Å². The molecule has 0 aromatic carbocycles. The molecular weight excluding hydrogens is 284 g/mol. The van der Waals surface area contributed by atoms with E-state index in [1.165, 1.54) is 95.5 Å². The van der Waals surface area contributed by atoms with Crippen LogP contribution in [-0.4, -0.2) is 0 Å². The zero-order chi connectivity index (χ0) is 15.9. The van der Waals surface area contributed by atoms with E-state index in [0.717, 1.165) is 5.92 Å². The normalized spacial score (nSPS) is 12.6. The molecule has 0 saturated carbocycles. The SMILES string of the molecule is CCCCCCCCC(C)CCCCCCCc1ccsc1. The molecule has 0 saturated heterocycles. The van der Waals surface area contributed by atoms with E-state index in [-0.39, 0.29) is 0 Å². The summed E-state index contributed by atoms with van der Waals surface area (Å²) in [5.74, 6) is 0.956. The Labute approximate surface area is 143 Å². The summed E-state index contributed by atoms with van der Waals surface area (Å²) in [6, 6.07) is 2.27. The van der Waals surface area contributed by atoms with Crippen LogP contribution in [0.5, 0.6) is 0 Å². The van der Waals surface area contributed by atoms with Gasteiger partial charge in [0.25, 0.3) is 0 Å². The maximum atomic E-state index is 2.46. The first kappa shape index (κ1) is 19.7. The fourth-order valence-electron chi connectivity index (χ4n) is 3.20. The highest BCUT2D eigenvalue weighted by atomic mass is 32.1. The average molecular weight is 323 g/mol. The predicted molar refractivity (Wildman–Crippen MR) is 103 cm³/mol. The molecule has 0 aliphatic carbocycles. The van der Waals surface area contributed by atoms with Crippen molar-refractivity contribution in [3.05, 3.63) is 22.4 Å². The van der Waals surface area contributed by atoms with Crippen molar-refractivity contribution in [2.45, 2.75) is 104 Å². The van der Waals surface area contributed by atoms with Gasteiger partial charge < -0.3 is 0 Å². The van der Waals surface area contributed by atoms with E-state index in [1.54, 1.807) is 0 Å². The second-order valence-electron chi connectivity index (χ2n) is 7.10. The topological polar surface area (TPSA) is 0 Å². The molecule has 1 heterocycles. The van der Waals surface area contributed by atoms with Gasteiger partial charge in [-0.3, -0.25) is 0 Å². The molecular formula is C21H38S. The summed E-state index contributed by atoms with van der Waals surface area (Å²) in [6.45, 7) is 4.76. The van der Waals surface area contributed by atoms with Gasteiger partial charge in [-0.15, -0.1) is 0 Å². The van der Waals surface area contributed by atoms with Crippen molar-refractivity contribution in [2.75, 3.05) is 0 Å². The lowest BCUT2D eigenvalue weighted by molar-refractivity contribution is 0.432. The van der Waals surface area contributed by atoms with Crippen molar-refractivity contribution in [2.24, 2.45) is 5.92 Å². The fourth-order valence-corrected chi connectivity index (χ4v) is 3.91. The van der Waals surface area contributed by atoms with E-state index >= 15 is 0 Å². The zero-order valence-corrected chi connectivity index (χ0v) is 15.9. The Balaban J connectivity index is 1.79. The first-order valence-electron chi connectivity index (χ1n) is 9.84. The van der Waals surface area contributed by atoms with Gasteiger partial charge >= 0.3 is 0 Å². The Bertz CT molecular complexity index is 315. The number of thiophene rings is 1. The van der Waals surface area contributed by atoms with Crippen LogP contribution in [0, 0.1) is 5.92 Å². The van der Waals surface area contributed by atoms with Gasteiger partial charge in [-0.25, -0.2) is 0 Å². The monoisotopic (exact) mass is 322 g/mol. The van der Waals surface area contributed by atoms with Crippen molar-refractivity contribution in [1.29, 1.82) is 0 Å². The predicted octanol–water partition coefficient (Wildman–Crippen LogP) is 8.02. The van der Waals surface area contributed by atoms with E-state index in [1.807, 2.05) is 11.3 Å². The second-order valence-corrected chi connectivity index (χ2v) is 7.88. The molecule has 0 radical (unpaired) electrons. The highest BCUT2D eigenvalue weighted by Gasteiger charge is 2.02. The van der Waals surface area contributed by atoms with Gasteiger partial charge in [0, 0.05) is 0 Å². The van der Waals surface area contributed by atoms with Gasteiger partial charge in [0.05, 0.1) is 0 Å². The maximum Gasteiger partial charge on any atom is -0.00613 e. The first-order chi connectivity index (χ1) is 10.8. The number of aryl methyl sites for hydroxylation is 1. The Morgan fingerprint density at radius 3 is 2.00 bits per heavy atom. The van der Waals surface area contributed by atoms with Crippen LogP contribution in [0.1, 0.15) is 103 Å². The quantitative estimate of drug-likeness (QED) is 0.287. The summed E-state index contributed by atoms with van der Waals surface area (Å²) < 4.78 is 0. The molecule has 1 aromatic rings. The molecule has 1 unspecified atom stereocenters. The van der Waals surface area contributed by atoms with Gasteiger partial charge in [-0.05, 0) is 41.1 Å². The van der Waals surface area contributed by atoms with Crippen LogP contribution in [-0.2, 0) is 6.42 Å². The Kier molecular flexibility index (Phi) is 12.8. The van der Waals surface area contributed by atoms with Crippen LogP contribution in [0.15, 0.2) is 16.8 Å². The molecule has 0 fully saturated rings. The third-order valence-electron chi connectivity index (χ3n) is 4.79. The van der Waals surface area contributed by atoms with E-state index in [9.17, 15) is 0 Å². The largest absolute Gasteiger partial charge is 0.152 e. The van der Waals surface area contributed by atoms with Crippen LogP contribution >= 0.6 is 11.3 Å². The number of hydrogen-bond acceptors (Lipinski definition) is 1. The standard InChI is InChI=1S/C21H38S/c1-3-4-5-6-8-11-14-20(2)15-12-9-7-10-13-16-21-17-18-22-19-21/h17-20H,3-16H2,1-2H3. The van der Waals surface area contributed by atoms with Crippen molar-refractivity contribution in [1.82, 2.24) is 0 Å². The van der Waals surface area contributed by atoms with E-state index < -0.39 is 0 Å². The van der Waals surface area contributed by atoms with E-state index in [0.29, 0.717) is 0 Å². The number of hydrogen-bond donors (Lipinski definition) is 0. The molecule has 128 valence electrons. The Hall–Kier alpha value is -0.300. The molecule has 1 atom stereocenters. The summed E-state index contributed by atoms with van der Waals surface area (Å²) in [5.41, 5.74) is 1.54. The summed E-state index contributed by atoms with van der Waals surface area (Å²) in [5, 5.41) is 4.49. The van der Waals surface area contributed by atoms with Crippen molar-refractivity contribution in [3.63, 3.8) is 0 Å². The Morgan fingerprint density at radius 2 is 1.41 bits per heavy atom. The highest BCUT2D eigenvalue weighted by molar-refractivity contribution is 7.07. The van der Waals surface area contributed by atoms with Gasteiger partial charge in [0.2, 0.25) is 0 Å². The summed E-state index contributed by atoms with van der Waals surface area (Å²) >= 11 is 1.83.